The van der Waals surface area contributed by atoms with Crippen molar-refractivity contribution < 1.29 is 0 Å². The van der Waals surface area contributed by atoms with E-state index in [1.807, 2.05) is 60.1 Å². The Balaban J connectivity index is 2.24. The van der Waals surface area contributed by atoms with Gasteiger partial charge in [-0.15, -0.1) is 0 Å². The Labute approximate surface area is 99.5 Å². The molecule has 3 nitrogen and oxygen atoms in total. The van der Waals surface area contributed by atoms with Gasteiger partial charge in [0, 0.05) is 18.0 Å². The van der Waals surface area contributed by atoms with Crippen molar-refractivity contribution in [3.63, 3.8) is 0 Å². The van der Waals surface area contributed by atoms with Gasteiger partial charge in [-0.25, -0.2) is 4.98 Å². The lowest BCUT2D eigenvalue weighted by Crippen LogP contribution is -1.94. The first kappa shape index (κ1) is 9.90. The number of hydrogen-bond acceptors (Lipinski definition) is 2. The van der Waals surface area contributed by atoms with Gasteiger partial charge in [0.1, 0.15) is 0 Å². The van der Waals surface area contributed by atoms with Crippen LogP contribution in [0.2, 0.25) is 0 Å². The van der Waals surface area contributed by atoms with Gasteiger partial charge in [-0.3, -0.25) is 0 Å². The topological polar surface area (TPSA) is 43.3 Å². The molecule has 0 saturated heterocycles. The van der Waals surface area contributed by atoms with Crippen molar-refractivity contribution in [2.24, 2.45) is 0 Å². The highest BCUT2D eigenvalue weighted by molar-refractivity contribution is 5.73. The number of aromatic nitrogens is 2. The number of nitrogens with two attached hydrogens (primary N) is 1. The van der Waals surface area contributed by atoms with E-state index in [1.54, 1.807) is 0 Å². The van der Waals surface area contributed by atoms with Crippen LogP contribution in [0.25, 0.3) is 16.9 Å². The Kier molecular flexibility index (Phi) is 2.11. The van der Waals surface area contributed by atoms with E-state index in [1.165, 1.54) is 0 Å². The Morgan fingerprint density at radius 3 is 2.65 bits per heavy atom. The van der Waals surface area contributed by atoms with Gasteiger partial charge in [-0.05, 0) is 18.6 Å². The largest absolute Gasteiger partial charge is 0.395 e. The van der Waals surface area contributed by atoms with E-state index in [9.17, 15) is 0 Å². The quantitative estimate of drug-likeness (QED) is 0.689. The molecule has 3 heteroatoms. The molecule has 0 amide bonds. The van der Waals surface area contributed by atoms with Gasteiger partial charge in [0.05, 0.1) is 11.4 Å². The molecule has 0 radical (unpaired) electrons. The summed E-state index contributed by atoms with van der Waals surface area (Å²) in [6.07, 6.45) is 3.99. The second kappa shape index (κ2) is 3.63. The van der Waals surface area contributed by atoms with E-state index < -0.39 is 0 Å². The second-order valence-electron chi connectivity index (χ2n) is 4.14. The van der Waals surface area contributed by atoms with Crippen LogP contribution < -0.4 is 5.73 Å². The van der Waals surface area contributed by atoms with Crippen molar-refractivity contribution in [1.29, 1.82) is 0 Å². The van der Waals surface area contributed by atoms with Crippen LogP contribution in [-0.2, 0) is 0 Å². The number of nitrogen functional groups attached to an aromatic ring is 1. The third-order valence-corrected chi connectivity index (χ3v) is 2.95. The van der Waals surface area contributed by atoms with Gasteiger partial charge in [0.2, 0.25) is 0 Å². The summed E-state index contributed by atoms with van der Waals surface area (Å²) in [7, 11) is 0. The summed E-state index contributed by atoms with van der Waals surface area (Å²) in [5, 5.41) is 0. The maximum absolute atomic E-state index is 6.03. The maximum Gasteiger partial charge on any atom is 0.160 e. The Morgan fingerprint density at radius 1 is 1.12 bits per heavy atom. The van der Waals surface area contributed by atoms with Gasteiger partial charge >= 0.3 is 0 Å². The van der Waals surface area contributed by atoms with Crippen LogP contribution in [0.15, 0.2) is 48.8 Å². The summed E-state index contributed by atoms with van der Waals surface area (Å²) < 4.78 is 1.96. The molecular weight excluding hydrogens is 210 g/mol. The van der Waals surface area contributed by atoms with E-state index in [-0.39, 0.29) is 0 Å². The predicted octanol–water partition coefficient (Wildman–Crippen LogP) is 2.89. The van der Waals surface area contributed by atoms with Gasteiger partial charge in [-0.1, -0.05) is 30.3 Å². The van der Waals surface area contributed by atoms with E-state index >= 15 is 0 Å². The molecule has 2 N–H and O–H groups in total. The van der Waals surface area contributed by atoms with Crippen molar-refractivity contribution in [2.75, 3.05) is 5.73 Å². The molecule has 0 aliphatic carbocycles. The number of aryl methyl sites for hydroxylation is 1. The van der Waals surface area contributed by atoms with Crippen LogP contribution in [0.3, 0.4) is 0 Å². The lowest BCUT2D eigenvalue weighted by Gasteiger charge is -2.00. The Hall–Kier alpha value is -2.29. The minimum Gasteiger partial charge on any atom is -0.395 e. The molecule has 0 unspecified atom stereocenters. The molecule has 0 saturated carbocycles. The average molecular weight is 223 g/mol. The molecule has 2 aromatic heterocycles. The fourth-order valence-electron chi connectivity index (χ4n) is 1.91. The Bertz CT molecular complexity index is 669. The lowest BCUT2D eigenvalue weighted by atomic mass is 10.2. The Morgan fingerprint density at radius 2 is 1.88 bits per heavy atom. The summed E-state index contributed by atoms with van der Waals surface area (Å²) >= 11 is 0. The van der Waals surface area contributed by atoms with Crippen LogP contribution in [0, 0.1) is 6.92 Å². The highest BCUT2D eigenvalue weighted by Crippen LogP contribution is 2.23. The third-order valence-electron chi connectivity index (χ3n) is 2.95. The summed E-state index contributed by atoms with van der Waals surface area (Å²) in [6.45, 7) is 1.99. The molecule has 84 valence electrons. The number of nitrogens with zero attached hydrogens (tertiary/aromatic N) is 2. The zero-order valence-corrected chi connectivity index (χ0v) is 9.59. The third kappa shape index (κ3) is 1.56. The van der Waals surface area contributed by atoms with Crippen LogP contribution in [0.4, 0.5) is 5.69 Å². The number of anilines is 1. The average Bonchev–Trinajstić information content (AvgIpc) is 2.80. The zero-order chi connectivity index (χ0) is 11.8. The zero-order valence-electron chi connectivity index (χ0n) is 9.59. The number of hydrogen-bond donors (Lipinski definition) is 1. The summed E-state index contributed by atoms with van der Waals surface area (Å²) in [5.74, 6) is 0. The highest BCUT2D eigenvalue weighted by atomic mass is 15.0. The molecule has 3 aromatic rings. The standard InChI is InChI=1S/C14H13N3/c1-10-7-8-17-9-12(16-14(17)13(10)15)11-5-3-2-4-6-11/h2-9H,15H2,1H3. The van der Waals surface area contributed by atoms with Crippen LogP contribution in [-0.4, -0.2) is 9.38 Å². The molecule has 3 rings (SSSR count). The van der Waals surface area contributed by atoms with Crippen LogP contribution >= 0.6 is 0 Å². The number of imidazole rings is 1. The van der Waals surface area contributed by atoms with Gasteiger partial charge < -0.3 is 10.1 Å². The van der Waals surface area contributed by atoms with Gasteiger partial charge in [0.15, 0.2) is 5.65 Å². The number of pyridine rings is 1. The lowest BCUT2D eigenvalue weighted by molar-refractivity contribution is 1.17. The monoisotopic (exact) mass is 223 g/mol. The predicted molar refractivity (Wildman–Crippen MR) is 69.8 cm³/mol. The van der Waals surface area contributed by atoms with Gasteiger partial charge in [0.25, 0.3) is 0 Å². The second-order valence-corrected chi connectivity index (χ2v) is 4.14. The first-order valence-corrected chi connectivity index (χ1v) is 5.55. The smallest absolute Gasteiger partial charge is 0.160 e. The van der Waals surface area contributed by atoms with Crippen molar-refractivity contribution in [1.82, 2.24) is 9.38 Å². The first-order chi connectivity index (χ1) is 8.25. The molecular formula is C14H13N3. The van der Waals surface area contributed by atoms with Gasteiger partial charge in [-0.2, -0.15) is 0 Å². The van der Waals surface area contributed by atoms with Crippen LogP contribution in [0.5, 0.6) is 0 Å². The SMILES string of the molecule is Cc1ccn2cc(-c3ccccc3)nc2c1N. The molecule has 0 spiro atoms. The van der Waals surface area contributed by atoms with Crippen molar-refractivity contribution in [3.05, 3.63) is 54.4 Å². The highest BCUT2D eigenvalue weighted by Gasteiger charge is 2.07. The normalized spacial score (nSPS) is 10.9. The fourth-order valence-corrected chi connectivity index (χ4v) is 1.91. The molecule has 1 aromatic carbocycles. The van der Waals surface area contributed by atoms with E-state index in [4.69, 9.17) is 5.73 Å². The van der Waals surface area contributed by atoms with Crippen molar-refractivity contribution >= 4 is 11.3 Å². The van der Waals surface area contributed by atoms with Crippen molar-refractivity contribution in [2.45, 2.75) is 6.92 Å². The molecule has 2 heterocycles. The summed E-state index contributed by atoms with van der Waals surface area (Å²) in [4.78, 5) is 4.58. The molecule has 17 heavy (non-hydrogen) atoms. The number of benzene rings is 1. The summed E-state index contributed by atoms with van der Waals surface area (Å²) in [6, 6.07) is 12.1. The fraction of sp³-hybridized carbons (Fsp3) is 0.0714. The maximum atomic E-state index is 6.03. The molecule has 0 aliphatic rings. The first-order valence-electron chi connectivity index (χ1n) is 5.55. The van der Waals surface area contributed by atoms with Crippen molar-refractivity contribution in [3.8, 4) is 11.3 Å². The van der Waals surface area contributed by atoms with E-state index in [2.05, 4.69) is 4.98 Å². The number of fused-ring (bicyclic) bond motifs is 1. The molecule has 0 fully saturated rings. The minimum atomic E-state index is 0.745. The van der Waals surface area contributed by atoms with Crippen LogP contribution in [0.1, 0.15) is 5.56 Å². The molecule has 0 atom stereocenters. The summed E-state index contributed by atoms with van der Waals surface area (Å²) in [5.41, 5.74) is 10.7. The molecule has 0 aliphatic heterocycles. The molecule has 0 bridgehead atoms. The number of rotatable bonds is 1. The minimum absolute atomic E-state index is 0.745. The van der Waals surface area contributed by atoms with E-state index in [0.717, 1.165) is 28.2 Å². The van der Waals surface area contributed by atoms with E-state index in [0.29, 0.717) is 0 Å².